The molecule has 0 heterocycles. The lowest BCUT2D eigenvalue weighted by atomic mass is 9.70. The van der Waals surface area contributed by atoms with E-state index in [1.54, 1.807) is 50.6 Å². The predicted octanol–water partition coefficient (Wildman–Crippen LogP) is 4.61. The molecule has 196 valence electrons. The Kier molecular flexibility index (Phi) is 8.38. The third-order valence-electron chi connectivity index (χ3n) is 7.26. The van der Waals surface area contributed by atoms with E-state index in [2.05, 4.69) is 17.6 Å². The van der Waals surface area contributed by atoms with Gasteiger partial charge in [0.1, 0.15) is 0 Å². The molecule has 1 saturated carbocycles. The van der Waals surface area contributed by atoms with Crippen LogP contribution in [0.3, 0.4) is 0 Å². The van der Waals surface area contributed by atoms with Crippen LogP contribution in [-0.4, -0.2) is 51.3 Å². The van der Waals surface area contributed by atoms with Gasteiger partial charge in [0, 0.05) is 11.1 Å². The summed E-state index contributed by atoms with van der Waals surface area (Å²) in [6, 6.07) is 10.5. The SMILES string of the molecule is COc1cccc(C(=O)NC2(C)CCC(C(C)(C)NC(=O)c3cccc(OC)c3OC)CC2)c1OC. The van der Waals surface area contributed by atoms with Crippen LogP contribution in [0.1, 0.15) is 67.2 Å². The number of nitrogens with one attached hydrogen (secondary N) is 2. The van der Waals surface area contributed by atoms with Gasteiger partial charge < -0.3 is 29.6 Å². The smallest absolute Gasteiger partial charge is 0.255 e. The number of hydrogen-bond acceptors (Lipinski definition) is 6. The van der Waals surface area contributed by atoms with Crippen molar-refractivity contribution in [2.45, 2.75) is 57.5 Å². The van der Waals surface area contributed by atoms with E-state index in [4.69, 9.17) is 18.9 Å². The van der Waals surface area contributed by atoms with E-state index >= 15 is 0 Å². The molecule has 2 amide bonds. The summed E-state index contributed by atoms with van der Waals surface area (Å²) in [6.07, 6.45) is 3.29. The highest BCUT2D eigenvalue weighted by Gasteiger charge is 2.40. The lowest BCUT2D eigenvalue weighted by molar-refractivity contribution is 0.0776. The van der Waals surface area contributed by atoms with Gasteiger partial charge in [-0.2, -0.15) is 0 Å². The van der Waals surface area contributed by atoms with Gasteiger partial charge in [-0.3, -0.25) is 9.59 Å². The fourth-order valence-corrected chi connectivity index (χ4v) is 5.04. The summed E-state index contributed by atoms with van der Waals surface area (Å²) in [4.78, 5) is 26.3. The van der Waals surface area contributed by atoms with Gasteiger partial charge in [0.25, 0.3) is 11.8 Å². The summed E-state index contributed by atoms with van der Waals surface area (Å²) in [5, 5.41) is 6.41. The molecular formula is C28H38N2O6. The first-order chi connectivity index (χ1) is 17.1. The van der Waals surface area contributed by atoms with Gasteiger partial charge in [-0.05, 0) is 76.6 Å². The molecule has 1 fully saturated rings. The number of rotatable bonds is 9. The Morgan fingerprint density at radius 1 is 0.806 bits per heavy atom. The van der Waals surface area contributed by atoms with Crippen molar-refractivity contribution in [2.75, 3.05) is 28.4 Å². The zero-order valence-electron chi connectivity index (χ0n) is 22.3. The fraction of sp³-hybridized carbons (Fsp3) is 0.500. The maximum atomic E-state index is 13.2. The normalized spacial score (nSPS) is 19.7. The summed E-state index contributed by atoms with van der Waals surface area (Å²) in [5.41, 5.74) is 0.0645. The first kappa shape index (κ1) is 27.2. The maximum Gasteiger partial charge on any atom is 0.255 e. The van der Waals surface area contributed by atoms with Crippen LogP contribution in [0.4, 0.5) is 0 Å². The Labute approximate surface area is 213 Å². The lowest BCUT2D eigenvalue weighted by Gasteiger charge is -2.44. The van der Waals surface area contributed by atoms with Crippen molar-refractivity contribution >= 4 is 11.8 Å². The van der Waals surface area contributed by atoms with E-state index in [1.165, 1.54) is 14.2 Å². The predicted molar refractivity (Wildman–Crippen MR) is 138 cm³/mol. The van der Waals surface area contributed by atoms with Crippen molar-refractivity contribution in [1.29, 1.82) is 0 Å². The van der Waals surface area contributed by atoms with Gasteiger partial charge in [-0.25, -0.2) is 0 Å². The standard InChI is InChI=1S/C28H38N2O6/c1-27(2,29-25(31)19-10-8-12-21(33-4)23(19)35-6)18-14-16-28(3,17-15-18)30-26(32)20-11-9-13-22(34-5)24(20)36-7/h8-13,18H,14-17H2,1-7H3,(H,29,31)(H,30,32). The Bertz CT molecular complexity index is 1090. The Morgan fingerprint density at radius 3 is 1.72 bits per heavy atom. The van der Waals surface area contributed by atoms with Gasteiger partial charge in [0.05, 0.1) is 39.6 Å². The molecule has 1 aliphatic carbocycles. The zero-order valence-corrected chi connectivity index (χ0v) is 22.3. The second-order valence-corrected chi connectivity index (χ2v) is 10.0. The number of ether oxygens (including phenoxy) is 4. The molecule has 0 bridgehead atoms. The third-order valence-corrected chi connectivity index (χ3v) is 7.26. The van der Waals surface area contributed by atoms with E-state index in [0.29, 0.717) is 34.1 Å². The molecule has 8 nitrogen and oxygen atoms in total. The average Bonchev–Trinajstić information content (AvgIpc) is 2.87. The molecule has 0 spiro atoms. The van der Waals surface area contributed by atoms with Crippen molar-refractivity contribution in [3.8, 4) is 23.0 Å². The van der Waals surface area contributed by atoms with Gasteiger partial charge in [0.2, 0.25) is 0 Å². The fourth-order valence-electron chi connectivity index (χ4n) is 5.04. The molecule has 0 atom stereocenters. The molecule has 2 N–H and O–H groups in total. The minimum absolute atomic E-state index is 0.190. The second kappa shape index (κ2) is 11.1. The van der Waals surface area contributed by atoms with Crippen molar-refractivity contribution in [1.82, 2.24) is 10.6 Å². The molecule has 3 rings (SSSR count). The van der Waals surface area contributed by atoms with Crippen molar-refractivity contribution in [3.63, 3.8) is 0 Å². The highest BCUT2D eigenvalue weighted by molar-refractivity contribution is 5.99. The van der Waals surface area contributed by atoms with Gasteiger partial charge in [0.15, 0.2) is 23.0 Å². The van der Waals surface area contributed by atoms with Crippen LogP contribution in [0.5, 0.6) is 23.0 Å². The second-order valence-electron chi connectivity index (χ2n) is 10.0. The average molecular weight is 499 g/mol. The van der Waals surface area contributed by atoms with Gasteiger partial charge >= 0.3 is 0 Å². The van der Waals surface area contributed by atoms with Crippen LogP contribution >= 0.6 is 0 Å². The molecular weight excluding hydrogens is 460 g/mol. The number of methoxy groups -OCH3 is 4. The summed E-state index contributed by atoms with van der Waals surface area (Å²) in [5.74, 6) is 1.72. The summed E-state index contributed by atoms with van der Waals surface area (Å²) < 4.78 is 21.5. The van der Waals surface area contributed by atoms with Gasteiger partial charge in [-0.1, -0.05) is 12.1 Å². The minimum atomic E-state index is -0.452. The molecule has 0 aliphatic heterocycles. The summed E-state index contributed by atoms with van der Waals surface area (Å²) >= 11 is 0. The molecule has 2 aromatic rings. The lowest BCUT2D eigenvalue weighted by Crippen LogP contribution is -2.54. The Balaban J connectivity index is 1.66. The zero-order chi connectivity index (χ0) is 26.5. The topological polar surface area (TPSA) is 95.1 Å². The molecule has 1 aliphatic rings. The van der Waals surface area contributed by atoms with Crippen LogP contribution in [0.25, 0.3) is 0 Å². The maximum absolute atomic E-state index is 13.2. The molecule has 0 radical (unpaired) electrons. The van der Waals surface area contributed by atoms with Crippen molar-refractivity contribution in [2.24, 2.45) is 5.92 Å². The van der Waals surface area contributed by atoms with E-state index < -0.39 is 5.54 Å². The Morgan fingerprint density at radius 2 is 1.28 bits per heavy atom. The number of carbonyl (C=O) groups excluding carboxylic acids is 2. The number of benzene rings is 2. The highest BCUT2D eigenvalue weighted by Crippen LogP contribution is 2.39. The molecule has 0 saturated heterocycles. The monoisotopic (exact) mass is 498 g/mol. The third kappa shape index (κ3) is 5.69. The van der Waals surface area contributed by atoms with Crippen molar-refractivity contribution in [3.05, 3.63) is 47.5 Å². The van der Waals surface area contributed by atoms with Crippen LogP contribution in [0, 0.1) is 5.92 Å². The number of carbonyl (C=O) groups is 2. The van der Waals surface area contributed by atoms with E-state index in [-0.39, 0.29) is 23.3 Å². The van der Waals surface area contributed by atoms with E-state index in [9.17, 15) is 9.59 Å². The number of amides is 2. The molecule has 0 aromatic heterocycles. The molecule has 8 heteroatoms. The molecule has 0 unspecified atom stereocenters. The van der Waals surface area contributed by atoms with E-state index in [0.717, 1.165) is 25.7 Å². The van der Waals surface area contributed by atoms with Crippen LogP contribution in [0.15, 0.2) is 36.4 Å². The van der Waals surface area contributed by atoms with Crippen LogP contribution in [-0.2, 0) is 0 Å². The van der Waals surface area contributed by atoms with Crippen LogP contribution in [0.2, 0.25) is 0 Å². The molecule has 2 aromatic carbocycles. The highest BCUT2D eigenvalue weighted by atomic mass is 16.5. The quantitative estimate of drug-likeness (QED) is 0.524. The Hall–Kier alpha value is -3.42. The number of para-hydroxylation sites is 2. The first-order valence-corrected chi connectivity index (χ1v) is 12.2. The molecule has 36 heavy (non-hydrogen) atoms. The summed E-state index contributed by atoms with van der Waals surface area (Å²) in [6.45, 7) is 6.16. The largest absolute Gasteiger partial charge is 0.493 e. The minimum Gasteiger partial charge on any atom is -0.493 e. The number of hydrogen-bond donors (Lipinski definition) is 2. The first-order valence-electron chi connectivity index (χ1n) is 12.2. The van der Waals surface area contributed by atoms with Crippen LogP contribution < -0.4 is 29.6 Å². The summed E-state index contributed by atoms with van der Waals surface area (Å²) in [7, 11) is 6.15. The van der Waals surface area contributed by atoms with Gasteiger partial charge in [-0.15, -0.1) is 0 Å². The van der Waals surface area contributed by atoms with Crippen molar-refractivity contribution < 1.29 is 28.5 Å². The van der Waals surface area contributed by atoms with E-state index in [1.807, 2.05) is 13.8 Å².